The summed E-state index contributed by atoms with van der Waals surface area (Å²) >= 11 is 0. The average Bonchev–Trinajstić information content (AvgIpc) is 2.55. The fourth-order valence-corrected chi connectivity index (χ4v) is 2.67. The van der Waals surface area contributed by atoms with E-state index in [1.54, 1.807) is 0 Å². The van der Waals surface area contributed by atoms with Gasteiger partial charge in [0.15, 0.2) is 0 Å². The number of aromatic nitrogens is 1. The Hall–Kier alpha value is -1.29. The van der Waals surface area contributed by atoms with Crippen LogP contribution in [0.4, 0.5) is 11.5 Å². The molecule has 1 aromatic rings. The van der Waals surface area contributed by atoms with E-state index in [0.29, 0.717) is 6.04 Å². The molecule has 1 fully saturated rings. The van der Waals surface area contributed by atoms with Crippen molar-refractivity contribution in [2.24, 2.45) is 5.92 Å². The van der Waals surface area contributed by atoms with Crippen molar-refractivity contribution in [1.29, 1.82) is 0 Å². The van der Waals surface area contributed by atoms with E-state index in [9.17, 15) is 0 Å². The van der Waals surface area contributed by atoms with Gasteiger partial charge in [0.2, 0.25) is 0 Å². The molecule has 1 N–H and O–H groups in total. The van der Waals surface area contributed by atoms with Gasteiger partial charge in [-0.2, -0.15) is 0 Å². The fourth-order valence-electron chi connectivity index (χ4n) is 2.67. The normalized spacial score (nSPS) is 18.3. The smallest absolute Gasteiger partial charge is 0.128 e. The molecule has 2 heterocycles. The predicted octanol–water partition coefficient (Wildman–Crippen LogP) is 3.54. The highest BCUT2D eigenvalue weighted by Crippen LogP contribution is 2.19. The summed E-state index contributed by atoms with van der Waals surface area (Å²) in [6.45, 7) is 10.3. The van der Waals surface area contributed by atoms with Crippen LogP contribution in [-0.2, 0) is 4.74 Å². The van der Waals surface area contributed by atoms with Crippen LogP contribution in [0.1, 0.15) is 40.0 Å². The van der Waals surface area contributed by atoms with Crippen molar-refractivity contribution in [2.75, 3.05) is 36.5 Å². The quantitative estimate of drug-likeness (QED) is 0.833. The SMILES string of the molecule is CCC(C)CC(CC)Nc1ccc(N2CCOCC2)nc1. The highest BCUT2D eigenvalue weighted by Gasteiger charge is 2.13. The van der Waals surface area contributed by atoms with Gasteiger partial charge < -0.3 is 15.0 Å². The van der Waals surface area contributed by atoms with Crippen LogP contribution in [0.3, 0.4) is 0 Å². The first-order chi connectivity index (χ1) is 10.2. The second-order valence-electron chi connectivity index (χ2n) is 6.00. The van der Waals surface area contributed by atoms with Crippen molar-refractivity contribution in [3.05, 3.63) is 18.3 Å². The lowest BCUT2D eigenvalue weighted by atomic mass is 9.98. The maximum absolute atomic E-state index is 5.38. The maximum atomic E-state index is 5.38. The Morgan fingerprint density at radius 1 is 1.24 bits per heavy atom. The number of nitrogens with one attached hydrogen (secondary N) is 1. The van der Waals surface area contributed by atoms with Crippen molar-refractivity contribution >= 4 is 11.5 Å². The van der Waals surface area contributed by atoms with Crippen molar-refractivity contribution in [3.8, 4) is 0 Å². The molecule has 0 aromatic carbocycles. The number of anilines is 2. The van der Waals surface area contributed by atoms with Crippen LogP contribution in [0.15, 0.2) is 18.3 Å². The van der Waals surface area contributed by atoms with E-state index in [1.165, 1.54) is 12.8 Å². The molecule has 0 amide bonds. The minimum Gasteiger partial charge on any atom is -0.381 e. The van der Waals surface area contributed by atoms with Gasteiger partial charge in [0.05, 0.1) is 25.1 Å². The van der Waals surface area contributed by atoms with E-state index in [2.05, 4.69) is 48.1 Å². The molecule has 2 unspecified atom stereocenters. The summed E-state index contributed by atoms with van der Waals surface area (Å²) in [5.74, 6) is 1.82. The number of hydrogen-bond acceptors (Lipinski definition) is 4. The van der Waals surface area contributed by atoms with Gasteiger partial charge >= 0.3 is 0 Å². The Balaban J connectivity index is 1.91. The first-order valence-corrected chi connectivity index (χ1v) is 8.28. The fraction of sp³-hybridized carbons (Fsp3) is 0.706. The van der Waals surface area contributed by atoms with E-state index in [-0.39, 0.29) is 0 Å². The third-order valence-corrected chi connectivity index (χ3v) is 4.33. The number of hydrogen-bond donors (Lipinski definition) is 1. The molecule has 118 valence electrons. The summed E-state index contributed by atoms with van der Waals surface area (Å²) < 4.78 is 5.38. The lowest BCUT2D eigenvalue weighted by Crippen LogP contribution is -2.36. The molecule has 4 nitrogen and oxygen atoms in total. The van der Waals surface area contributed by atoms with Gasteiger partial charge in [-0.1, -0.05) is 27.2 Å². The van der Waals surface area contributed by atoms with Gasteiger partial charge in [0.25, 0.3) is 0 Å². The van der Waals surface area contributed by atoms with Crippen LogP contribution >= 0.6 is 0 Å². The average molecular weight is 291 g/mol. The van der Waals surface area contributed by atoms with Crippen LogP contribution in [0, 0.1) is 5.92 Å². The van der Waals surface area contributed by atoms with E-state index in [1.807, 2.05) is 6.20 Å². The topological polar surface area (TPSA) is 37.4 Å². The molecule has 0 spiro atoms. The van der Waals surface area contributed by atoms with Crippen LogP contribution in [0.5, 0.6) is 0 Å². The minimum absolute atomic E-state index is 0.538. The first-order valence-electron chi connectivity index (χ1n) is 8.28. The molecule has 4 heteroatoms. The molecule has 1 aliphatic heterocycles. The van der Waals surface area contributed by atoms with Crippen LogP contribution in [-0.4, -0.2) is 37.3 Å². The van der Waals surface area contributed by atoms with Gasteiger partial charge in [-0.3, -0.25) is 0 Å². The Labute approximate surface area is 128 Å². The number of ether oxygens (including phenoxy) is 1. The molecule has 0 radical (unpaired) electrons. The zero-order valence-electron chi connectivity index (χ0n) is 13.6. The largest absolute Gasteiger partial charge is 0.381 e. The van der Waals surface area contributed by atoms with Crippen molar-refractivity contribution in [2.45, 2.75) is 46.1 Å². The number of pyridine rings is 1. The van der Waals surface area contributed by atoms with Gasteiger partial charge in [-0.05, 0) is 30.9 Å². The van der Waals surface area contributed by atoms with E-state index in [4.69, 9.17) is 4.74 Å². The number of rotatable bonds is 7. The third kappa shape index (κ3) is 4.88. The Morgan fingerprint density at radius 2 is 2.00 bits per heavy atom. The van der Waals surface area contributed by atoms with E-state index < -0.39 is 0 Å². The first kappa shape index (κ1) is 16.1. The Kier molecular flexibility index (Phi) is 6.30. The zero-order valence-corrected chi connectivity index (χ0v) is 13.6. The highest BCUT2D eigenvalue weighted by atomic mass is 16.5. The molecular formula is C17H29N3O. The molecule has 2 rings (SSSR count). The van der Waals surface area contributed by atoms with Crippen molar-refractivity contribution in [3.63, 3.8) is 0 Å². The summed E-state index contributed by atoms with van der Waals surface area (Å²) in [5.41, 5.74) is 1.13. The molecule has 1 saturated heterocycles. The standard InChI is InChI=1S/C17H29N3O/c1-4-14(3)12-15(5-2)19-16-6-7-17(18-13-16)20-8-10-21-11-9-20/h6-7,13-15,19H,4-5,8-12H2,1-3H3. The third-order valence-electron chi connectivity index (χ3n) is 4.33. The molecule has 0 aliphatic carbocycles. The molecule has 2 atom stereocenters. The lowest BCUT2D eigenvalue weighted by molar-refractivity contribution is 0.122. The van der Waals surface area contributed by atoms with Crippen LogP contribution in [0.2, 0.25) is 0 Å². The highest BCUT2D eigenvalue weighted by molar-refractivity contribution is 5.49. The van der Waals surface area contributed by atoms with Gasteiger partial charge in [0.1, 0.15) is 5.82 Å². The maximum Gasteiger partial charge on any atom is 0.128 e. The second kappa shape index (κ2) is 8.23. The monoisotopic (exact) mass is 291 g/mol. The Bertz CT molecular complexity index is 401. The summed E-state index contributed by atoms with van der Waals surface area (Å²) in [6, 6.07) is 4.80. The molecule has 1 aliphatic rings. The summed E-state index contributed by atoms with van der Waals surface area (Å²) in [4.78, 5) is 6.88. The van der Waals surface area contributed by atoms with Gasteiger partial charge in [-0.25, -0.2) is 4.98 Å². The second-order valence-corrected chi connectivity index (χ2v) is 6.00. The van der Waals surface area contributed by atoms with E-state index >= 15 is 0 Å². The van der Waals surface area contributed by atoms with Crippen LogP contribution in [0.25, 0.3) is 0 Å². The van der Waals surface area contributed by atoms with Gasteiger partial charge in [-0.15, -0.1) is 0 Å². The number of morpholine rings is 1. The molecular weight excluding hydrogens is 262 g/mol. The molecule has 1 aromatic heterocycles. The summed E-state index contributed by atoms with van der Waals surface area (Å²) in [7, 11) is 0. The van der Waals surface area contributed by atoms with Gasteiger partial charge in [0, 0.05) is 19.1 Å². The van der Waals surface area contributed by atoms with Crippen molar-refractivity contribution in [1.82, 2.24) is 4.98 Å². The Morgan fingerprint density at radius 3 is 2.57 bits per heavy atom. The van der Waals surface area contributed by atoms with E-state index in [0.717, 1.165) is 50.1 Å². The number of nitrogens with zero attached hydrogens (tertiary/aromatic N) is 2. The molecule has 0 bridgehead atoms. The lowest BCUT2D eigenvalue weighted by Gasteiger charge is -2.28. The summed E-state index contributed by atoms with van der Waals surface area (Å²) in [6.07, 6.45) is 5.57. The predicted molar refractivity (Wildman–Crippen MR) is 89.0 cm³/mol. The molecule has 21 heavy (non-hydrogen) atoms. The molecule has 0 saturated carbocycles. The summed E-state index contributed by atoms with van der Waals surface area (Å²) in [5, 5.41) is 3.62. The minimum atomic E-state index is 0.538. The zero-order chi connectivity index (χ0) is 15.1. The van der Waals surface area contributed by atoms with Crippen LogP contribution < -0.4 is 10.2 Å². The van der Waals surface area contributed by atoms with Crippen molar-refractivity contribution < 1.29 is 4.74 Å².